The molecular formula is C15H13ClN2O2S. The third kappa shape index (κ3) is 2.43. The molecule has 0 spiro atoms. The summed E-state index contributed by atoms with van der Waals surface area (Å²) < 4.78 is 11.6. The minimum atomic E-state index is 0.487. The maximum atomic E-state index is 6.19. The van der Waals surface area contributed by atoms with E-state index in [4.69, 9.17) is 21.1 Å². The zero-order valence-electron chi connectivity index (χ0n) is 11.8. The first-order valence-corrected chi connectivity index (χ1v) is 7.53. The topological polar surface area (TPSA) is 44.2 Å². The molecule has 0 bridgehead atoms. The van der Waals surface area contributed by atoms with Crippen molar-refractivity contribution in [3.63, 3.8) is 0 Å². The van der Waals surface area contributed by atoms with E-state index in [1.165, 1.54) is 11.3 Å². The van der Waals surface area contributed by atoms with E-state index in [2.05, 4.69) is 9.97 Å². The van der Waals surface area contributed by atoms with Crippen molar-refractivity contribution in [2.45, 2.75) is 6.92 Å². The molecule has 0 aliphatic carbocycles. The Morgan fingerprint density at radius 2 is 1.90 bits per heavy atom. The van der Waals surface area contributed by atoms with Gasteiger partial charge in [0.15, 0.2) is 5.15 Å². The van der Waals surface area contributed by atoms with E-state index >= 15 is 0 Å². The van der Waals surface area contributed by atoms with Crippen LogP contribution in [0.2, 0.25) is 5.15 Å². The van der Waals surface area contributed by atoms with Crippen LogP contribution in [-0.4, -0.2) is 24.2 Å². The molecule has 3 rings (SSSR count). The van der Waals surface area contributed by atoms with Gasteiger partial charge in [-0.2, -0.15) is 0 Å². The van der Waals surface area contributed by atoms with Crippen molar-refractivity contribution in [3.8, 4) is 22.6 Å². The fourth-order valence-corrected chi connectivity index (χ4v) is 3.43. The first-order chi connectivity index (χ1) is 10.1. The number of nitrogens with zero attached hydrogens (tertiary/aromatic N) is 2. The molecule has 3 aromatic rings. The zero-order valence-corrected chi connectivity index (χ0v) is 13.4. The van der Waals surface area contributed by atoms with Gasteiger partial charge in [0, 0.05) is 22.6 Å². The third-order valence-electron chi connectivity index (χ3n) is 3.18. The summed E-state index contributed by atoms with van der Waals surface area (Å²) in [5.41, 5.74) is 2.79. The molecule has 0 fully saturated rings. The molecule has 4 nitrogen and oxygen atoms in total. The molecule has 0 amide bonds. The van der Waals surface area contributed by atoms with Crippen molar-refractivity contribution < 1.29 is 9.47 Å². The molecule has 21 heavy (non-hydrogen) atoms. The van der Waals surface area contributed by atoms with Crippen LogP contribution < -0.4 is 9.47 Å². The summed E-state index contributed by atoms with van der Waals surface area (Å²) in [7, 11) is 3.27. The summed E-state index contributed by atoms with van der Waals surface area (Å²) in [5, 5.41) is 2.51. The van der Waals surface area contributed by atoms with Crippen LogP contribution in [0.3, 0.4) is 0 Å². The van der Waals surface area contributed by atoms with Gasteiger partial charge in [-0.1, -0.05) is 11.6 Å². The minimum Gasteiger partial charge on any atom is -0.497 e. The number of hydrogen-bond donors (Lipinski definition) is 0. The maximum absolute atomic E-state index is 6.19. The monoisotopic (exact) mass is 320 g/mol. The average molecular weight is 321 g/mol. The summed E-state index contributed by atoms with van der Waals surface area (Å²) in [5.74, 6) is 2.14. The van der Waals surface area contributed by atoms with Gasteiger partial charge in [-0.05, 0) is 19.1 Å². The lowest BCUT2D eigenvalue weighted by atomic mass is 10.1. The second-order valence-electron chi connectivity index (χ2n) is 4.45. The summed E-state index contributed by atoms with van der Waals surface area (Å²) in [6.07, 6.45) is 0. The fraction of sp³-hybridized carbons (Fsp3) is 0.200. The van der Waals surface area contributed by atoms with Crippen molar-refractivity contribution in [2.24, 2.45) is 0 Å². The Labute approximate surface area is 131 Å². The van der Waals surface area contributed by atoms with Crippen LogP contribution in [0.5, 0.6) is 11.5 Å². The van der Waals surface area contributed by atoms with Crippen molar-refractivity contribution in [1.29, 1.82) is 0 Å². The van der Waals surface area contributed by atoms with Gasteiger partial charge in [-0.3, -0.25) is 0 Å². The van der Waals surface area contributed by atoms with E-state index < -0.39 is 0 Å². The van der Waals surface area contributed by atoms with E-state index in [0.29, 0.717) is 11.0 Å². The average Bonchev–Trinajstić information content (AvgIpc) is 2.90. The molecule has 0 radical (unpaired) electrons. The largest absolute Gasteiger partial charge is 0.497 e. The summed E-state index contributed by atoms with van der Waals surface area (Å²) in [6.45, 7) is 1.83. The van der Waals surface area contributed by atoms with E-state index in [-0.39, 0.29) is 0 Å². The number of hydrogen-bond acceptors (Lipinski definition) is 5. The van der Waals surface area contributed by atoms with Crippen LogP contribution in [0.1, 0.15) is 5.82 Å². The van der Waals surface area contributed by atoms with Gasteiger partial charge in [0.25, 0.3) is 0 Å². The zero-order chi connectivity index (χ0) is 15.0. The Hall–Kier alpha value is -1.85. The smallest absolute Gasteiger partial charge is 0.150 e. The van der Waals surface area contributed by atoms with E-state index in [0.717, 1.165) is 32.8 Å². The molecule has 0 aliphatic heterocycles. The first kappa shape index (κ1) is 14.1. The highest BCUT2D eigenvalue weighted by atomic mass is 35.5. The molecule has 108 valence electrons. The van der Waals surface area contributed by atoms with Crippen molar-refractivity contribution in [1.82, 2.24) is 9.97 Å². The van der Waals surface area contributed by atoms with Gasteiger partial charge < -0.3 is 9.47 Å². The minimum absolute atomic E-state index is 0.487. The van der Waals surface area contributed by atoms with Crippen molar-refractivity contribution in [2.75, 3.05) is 14.2 Å². The highest BCUT2D eigenvalue weighted by Gasteiger charge is 2.16. The van der Waals surface area contributed by atoms with Crippen LogP contribution in [0, 0.1) is 6.92 Å². The van der Waals surface area contributed by atoms with E-state index in [9.17, 15) is 0 Å². The van der Waals surface area contributed by atoms with Gasteiger partial charge in [-0.15, -0.1) is 11.3 Å². The predicted molar refractivity (Wildman–Crippen MR) is 85.7 cm³/mol. The van der Waals surface area contributed by atoms with Gasteiger partial charge in [0.1, 0.15) is 17.3 Å². The van der Waals surface area contributed by atoms with Gasteiger partial charge in [0.2, 0.25) is 0 Å². The van der Waals surface area contributed by atoms with E-state index in [1.807, 2.05) is 30.5 Å². The number of methoxy groups -OCH3 is 2. The molecule has 0 unspecified atom stereocenters. The second kappa shape index (κ2) is 5.50. The van der Waals surface area contributed by atoms with Crippen LogP contribution >= 0.6 is 22.9 Å². The molecule has 2 heterocycles. The van der Waals surface area contributed by atoms with Crippen LogP contribution in [-0.2, 0) is 0 Å². The highest BCUT2D eigenvalue weighted by Crippen LogP contribution is 2.40. The third-order valence-corrected chi connectivity index (χ3v) is 4.55. The van der Waals surface area contributed by atoms with Crippen LogP contribution in [0.4, 0.5) is 0 Å². The first-order valence-electron chi connectivity index (χ1n) is 6.27. The Balaban J connectivity index is 2.25. The predicted octanol–water partition coefficient (Wildman–Crippen LogP) is 4.34. The highest BCUT2D eigenvalue weighted by molar-refractivity contribution is 7.18. The van der Waals surface area contributed by atoms with Crippen molar-refractivity contribution >= 4 is 33.2 Å². The van der Waals surface area contributed by atoms with Crippen molar-refractivity contribution in [3.05, 3.63) is 34.6 Å². The summed E-state index contributed by atoms with van der Waals surface area (Å²) >= 11 is 7.72. The van der Waals surface area contributed by atoms with Gasteiger partial charge in [0.05, 0.1) is 24.4 Å². The van der Waals surface area contributed by atoms with Gasteiger partial charge >= 0.3 is 0 Å². The lowest BCUT2D eigenvalue weighted by molar-refractivity contribution is 0.395. The second-order valence-corrected chi connectivity index (χ2v) is 5.69. The molecule has 0 aliphatic rings. The number of benzene rings is 1. The molecular weight excluding hydrogens is 308 g/mol. The Morgan fingerprint density at radius 1 is 1.10 bits per heavy atom. The number of aromatic nitrogens is 2. The molecule has 2 aromatic heterocycles. The summed E-state index contributed by atoms with van der Waals surface area (Å²) in [4.78, 5) is 8.71. The lowest BCUT2D eigenvalue weighted by Gasteiger charge is -2.09. The SMILES string of the molecule is COc1ccc(-c2csc3c(Cl)nc(C)nc23)c(OC)c1. The number of halogens is 1. The molecule has 0 saturated heterocycles. The van der Waals surface area contributed by atoms with Crippen LogP contribution in [0.25, 0.3) is 21.3 Å². The Morgan fingerprint density at radius 3 is 2.62 bits per heavy atom. The number of aryl methyl sites for hydroxylation is 1. The fourth-order valence-electron chi connectivity index (χ4n) is 2.20. The molecule has 0 atom stereocenters. The molecule has 0 N–H and O–H groups in total. The Bertz CT molecular complexity index is 817. The normalized spacial score (nSPS) is 10.9. The number of thiophene rings is 1. The molecule has 1 aromatic carbocycles. The maximum Gasteiger partial charge on any atom is 0.150 e. The standard InChI is InChI=1S/C15H13ClN2O2S/c1-8-17-13-11(7-21-14(13)15(16)18-8)10-5-4-9(19-2)6-12(10)20-3/h4-7H,1-3H3. The number of fused-ring (bicyclic) bond motifs is 1. The van der Waals surface area contributed by atoms with Crippen LogP contribution in [0.15, 0.2) is 23.6 Å². The van der Waals surface area contributed by atoms with Gasteiger partial charge in [-0.25, -0.2) is 9.97 Å². The number of ether oxygens (including phenoxy) is 2. The quantitative estimate of drug-likeness (QED) is 0.673. The summed E-state index contributed by atoms with van der Waals surface area (Å²) in [6, 6.07) is 5.72. The molecule has 6 heteroatoms. The molecule has 0 saturated carbocycles. The Kier molecular flexibility index (Phi) is 3.69. The lowest BCUT2D eigenvalue weighted by Crippen LogP contribution is -1.92. The number of rotatable bonds is 3. The van der Waals surface area contributed by atoms with E-state index in [1.54, 1.807) is 14.2 Å².